The summed E-state index contributed by atoms with van der Waals surface area (Å²) >= 11 is 0. The van der Waals surface area contributed by atoms with E-state index >= 15 is 0 Å². The van der Waals surface area contributed by atoms with Gasteiger partial charge in [-0.2, -0.15) is 4.98 Å². The van der Waals surface area contributed by atoms with Crippen molar-refractivity contribution >= 4 is 0 Å². The highest BCUT2D eigenvalue weighted by Gasteiger charge is 2.32. The van der Waals surface area contributed by atoms with E-state index in [9.17, 15) is 0 Å². The van der Waals surface area contributed by atoms with Crippen molar-refractivity contribution < 1.29 is 4.52 Å². The van der Waals surface area contributed by atoms with Crippen LogP contribution in [0.2, 0.25) is 0 Å². The molecule has 0 unspecified atom stereocenters. The lowest BCUT2D eigenvalue weighted by Crippen LogP contribution is -2.25. The van der Waals surface area contributed by atoms with Crippen molar-refractivity contribution in [1.29, 1.82) is 0 Å². The Kier molecular flexibility index (Phi) is 4.88. The molecule has 1 aliphatic carbocycles. The standard InChI is InChI=1S/C19H29N5O/c1-14(2)18-21-19(25-22-18)17-9-6-10-23(17)12-16-11-20-13-24(16)15-7-4-3-5-8-15/h11,13-15,17H,3-10,12H2,1-2H3/t17-/m0/s1. The molecular weight excluding hydrogens is 314 g/mol. The maximum absolute atomic E-state index is 5.58. The largest absolute Gasteiger partial charge is 0.338 e. The maximum Gasteiger partial charge on any atom is 0.244 e. The van der Waals surface area contributed by atoms with Gasteiger partial charge in [-0.25, -0.2) is 4.98 Å². The molecule has 0 aromatic carbocycles. The smallest absolute Gasteiger partial charge is 0.244 e. The molecule has 136 valence electrons. The first-order valence-electron chi connectivity index (χ1n) is 9.80. The highest BCUT2D eigenvalue weighted by Crippen LogP contribution is 2.34. The summed E-state index contributed by atoms with van der Waals surface area (Å²) in [7, 11) is 0. The molecule has 2 aliphatic rings. The second-order valence-electron chi connectivity index (χ2n) is 7.86. The van der Waals surface area contributed by atoms with Crippen LogP contribution in [-0.4, -0.2) is 31.1 Å². The molecule has 1 saturated heterocycles. The number of imidazole rings is 1. The van der Waals surface area contributed by atoms with Crippen LogP contribution in [0.5, 0.6) is 0 Å². The fourth-order valence-corrected chi connectivity index (χ4v) is 4.26. The summed E-state index contributed by atoms with van der Waals surface area (Å²) in [6.07, 6.45) is 13.0. The van der Waals surface area contributed by atoms with Crippen LogP contribution in [0.3, 0.4) is 0 Å². The summed E-state index contributed by atoms with van der Waals surface area (Å²) < 4.78 is 8.00. The number of nitrogens with zero attached hydrogens (tertiary/aromatic N) is 5. The van der Waals surface area contributed by atoms with Crippen molar-refractivity contribution in [1.82, 2.24) is 24.6 Å². The van der Waals surface area contributed by atoms with Gasteiger partial charge in [-0.05, 0) is 32.2 Å². The molecule has 1 aliphatic heterocycles. The van der Waals surface area contributed by atoms with Gasteiger partial charge in [-0.1, -0.05) is 38.3 Å². The van der Waals surface area contributed by atoms with E-state index in [1.165, 1.54) is 44.2 Å². The number of aromatic nitrogens is 4. The van der Waals surface area contributed by atoms with E-state index in [2.05, 4.69) is 38.4 Å². The molecule has 1 atom stereocenters. The van der Waals surface area contributed by atoms with Gasteiger partial charge in [-0.3, -0.25) is 4.90 Å². The average molecular weight is 343 g/mol. The predicted molar refractivity (Wildman–Crippen MR) is 95.1 cm³/mol. The summed E-state index contributed by atoms with van der Waals surface area (Å²) in [5.74, 6) is 1.90. The van der Waals surface area contributed by atoms with E-state index in [-0.39, 0.29) is 6.04 Å². The van der Waals surface area contributed by atoms with Crippen LogP contribution in [0, 0.1) is 0 Å². The minimum Gasteiger partial charge on any atom is -0.338 e. The van der Waals surface area contributed by atoms with E-state index in [4.69, 9.17) is 4.52 Å². The van der Waals surface area contributed by atoms with Gasteiger partial charge >= 0.3 is 0 Å². The zero-order chi connectivity index (χ0) is 17.2. The van der Waals surface area contributed by atoms with Crippen LogP contribution in [0.25, 0.3) is 0 Å². The molecule has 0 amide bonds. The van der Waals surface area contributed by atoms with Crippen molar-refractivity contribution in [3.8, 4) is 0 Å². The fourth-order valence-electron chi connectivity index (χ4n) is 4.26. The lowest BCUT2D eigenvalue weighted by molar-refractivity contribution is 0.194. The molecule has 0 spiro atoms. The van der Waals surface area contributed by atoms with Crippen LogP contribution in [-0.2, 0) is 6.54 Å². The van der Waals surface area contributed by atoms with Crippen LogP contribution in [0.15, 0.2) is 17.0 Å². The second-order valence-corrected chi connectivity index (χ2v) is 7.86. The van der Waals surface area contributed by atoms with Gasteiger partial charge in [0.1, 0.15) is 0 Å². The molecule has 0 radical (unpaired) electrons. The summed E-state index contributed by atoms with van der Waals surface area (Å²) in [4.78, 5) is 11.6. The molecule has 2 aromatic rings. The van der Waals surface area contributed by atoms with Crippen molar-refractivity contribution in [2.45, 2.75) is 83.3 Å². The Bertz CT molecular complexity index is 686. The highest BCUT2D eigenvalue weighted by molar-refractivity contribution is 5.05. The third-order valence-corrected chi connectivity index (χ3v) is 5.70. The van der Waals surface area contributed by atoms with Gasteiger partial charge in [0.15, 0.2) is 5.82 Å². The first-order valence-corrected chi connectivity index (χ1v) is 9.80. The molecule has 6 heteroatoms. The highest BCUT2D eigenvalue weighted by atomic mass is 16.5. The number of likely N-dealkylation sites (tertiary alicyclic amines) is 1. The number of hydrogen-bond acceptors (Lipinski definition) is 5. The normalized spacial score (nSPS) is 22.9. The molecule has 25 heavy (non-hydrogen) atoms. The summed E-state index contributed by atoms with van der Waals surface area (Å²) in [6, 6.07) is 0.873. The van der Waals surface area contributed by atoms with Crippen LogP contribution < -0.4 is 0 Å². The van der Waals surface area contributed by atoms with Gasteiger partial charge in [0.25, 0.3) is 0 Å². The monoisotopic (exact) mass is 343 g/mol. The third kappa shape index (κ3) is 3.50. The molecule has 2 aromatic heterocycles. The minimum atomic E-state index is 0.245. The van der Waals surface area contributed by atoms with Crippen molar-refractivity contribution in [2.75, 3.05) is 6.54 Å². The Morgan fingerprint density at radius 2 is 2.00 bits per heavy atom. The lowest BCUT2D eigenvalue weighted by atomic mass is 9.95. The Morgan fingerprint density at radius 1 is 1.16 bits per heavy atom. The SMILES string of the molecule is CC(C)c1noc([C@@H]2CCCN2Cc2cncn2C2CCCCC2)n1. The Labute approximate surface area is 149 Å². The third-order valence-electron chi connectivity index (χ3n) is 5.70. The lowest BCUT2D eigenvalue weighted by Gasteiger charge is -2.27. The Hall–Kier alpha value is -1.69. The van der Waals surface area contributed by atoms with E-state index in [0.29, 0.717) is 12.0 Å². The maximum atomic E-state index is 5.58. The van der Waals surface area contributed by atoms with Gasteiger partial charge in [0.05, 0.1) is 18.1 Å². The van der Waals surface area contributed by atoms with Gasteiger partial charge in [0.2, 0.25) is 5.89 Å². The molecule has 1 saturated carbocycles. The molecule has 6 nitrogen and oxygen atoms in total. The molecular formula is C19H29N5O. The fraction of sp³-hybridized carbons (Fsp3) is 0.737. The topological polar surface area (TPSA) is 60.0 Å². The van der Waals surface area contributed by atoms with E-state index in [1.54, 1.807) is 0 Å². The first-order chi connectivity index (χ1) is 12.2. The predicted octanol–water partition coefficient (Wildman–Crippen LogP) is 4.23. The van der Waals surface area contributed by atoms with Crippen LogP contribution >= 0.6 is 0 Å². The van der Waals surface area contributed by atoms with Crippen molar-refractivity contribution in [3.63, 3.8) is 0 Å². The van der Waals surface area contributed by atoms with Gasteiger partial charge < -0.3 is 9.09 Å². The summed E-state index contributed by atoms with van der Waals surface area (Å²) in [5.41, 5.74) is 1.32. The first kappa shape index (κ1) is 16.8. The molecule has 4 rings (SSSR count). The average Bonchev–Trinajstić information content (AvgIpc) is 3.36. The molecule has 2 fully saturated rings. The molecule has 3 heterocycles. The van der Waals surface area contributed by atoms with E-state index in [1.807, 2.05) is 12.5 Å². The number of rotatable bonds is 5. The van der Waals surface area contributed by atoms with Crippen LogP contribution in [0.1, 0.15) is 94.2 Å². The van der Waals surface area contributed by atoms with E-state index < -0.39 is 0 Å². The van der Waals surface area contributed by atoms with E-state index in [0.717, 1.165) is 31.2 Å². The van der Waals surface area contributed by atoms with Crippen LogP contribution in [0.4, 0.5) is 0 Å². The molecule has 0 bridgehead atoms. The van der Waals surface area contributed by atoms with Gasteiger partial charge in [0, 0.05) is 24.7 Å². The Morgan fingerprint density at radius 3 is 2.76 bits per heavy atom. The second kappa shape index (κ2) is 7.28. The summed E-state index contributed by atoms with van der Waals surface area (Å²) in [5, 5.41) is 4.15. The quantitative estimate of drug-likeness (QED) is 0.813. The van der Waals surface area contributed by atoms with Gasteiger partial charge in [-0.15, -0.1) is 0 Å². The Balaban J connectivity index is 1.49. The zero-order valence-electron chi connectivity index (χ0n) is 15.4. The van der Waals surface area contributed by atoms with Crippen molar-refractivity contribution in [2.24, 2.45) is 0 Å². The zero-order valence-corrected chi connectivity index (χ0v) is 15.4. The summed E-state index contributed by atoms with van der Waals surface area (Å²) in [6.45, 7) is 6.20. The van der Waals surface area contributed by atoms with Crippen molar-refractivity contribution in [3.05, 3.63) is 29.9 Å². The number of hydrogen-bond donors (Lipinski definition) is 0. The minimum absolute atomic E-state index is 0.245. The molecule has 0 N–H and O–H groups in total.